The number of anilines is 1. The molecule has 3 heterocycles. The SMILES string of the molecule is CON=C(C(=O)N[C@@H]1C(=O)N2C(C(=O)O)=C(CCl)CS[C@H]12)c1csc(NC(c2ccccc2)(c2ccccc2)c2ccccc2)n1. The zero-order chi connectivity index (χ0) is 32.3. The molecule has 46 heavy (non-hydrogen) atoms. The monoisotopic (exact) mass is 673 g/mol. The van der Waals surface area contributed by atoms with Gasteiger partial charge in [0.1, 0.15) is 35.5 Å². The van der Waals surface area contributed by atoms with E-state index in [4.69, 9.17) is 21.4 Å². The van der Waals surface area contributed by atoms with E-state index in [2.05, 4.69) is 52.2 Å². The van der Waals surface area contributed by atoms with Gasteiger partial charge in [0.05, 0.1) is 0 Å². The number of benzene rings is 3. The van der Waals surface area contributed by atoms with Crippen molar-refractivity contribution in [1.29, 1.82) is 0 Å². The molecule has 0 aliphatic carbocycles. The minimum absolute atomic E-state index is 0.00684. The number of amides is 2. The highest BCUT2D eigenvalue weighted by molar-refractivity contribution is 8.00. The van der Waals surface area contributed by atoms with Crippen molar-refractivity contribution in [2.45, 2.75) is 17.0 Å². The van der Waals surface area contributed by atoms with Crippen LogP contribution in [0.3, 0.4) is 0 Å². The van der Waals surface area contributed by atoms with Gasteiger partial charge >= 0.3 is 5.97 Å². The van der Waals surface area contributed by atoms with Crippen molar-refractivity contribution in [2.75, 3.05) is 24.1 Å². The number of oxime groups is 1. The minimum atomic E-state index is -1.24. The van der Waals surface area contributed by atoms with Gasteiger partial charge in [-0.25, -0.2) is 9.78 Å². The highest BCUT2D eigenvalue weighted by Gasteiger charge is 2.54. The van der Waals surface area contributed by atoms with E-state index in [1.54, 1.807) is 5.38 Å². The molecule has 2 atom stereocenters. The number of alkyl halides is 1. The van der Waals surface area contributed by atoms with Crippen LogP contribution in [0.15, 0.2) is 113 Å². The predicted octanol–water partition coefficient (Wildman–Crippen LogP) is 4.88. The summed E-state index contributed by atoms with van der Waals surface area (Å²) in [6.07, 6.45) is 0. The summed E-state index contributed by atoms with van der Waals surface area (Å²) < 4.78 is 0. The summed E-state index contributed by atoms with van der Waals surface area (Å²) in [6, 6.07) is 29.1. The standard InChI is InChI=1S/C33H28ClN5O5S2/c1-44-38-25(28(40)36-26-29(41)39-27(31(42)43)20(17-34)18-45-30(26)39)24-19-46-32(35-24)37-33(21-11-5-2-6-12-21,22-13-7-3-8-14-22)23-15-9-4-10-16-23/h2-16,19,26,30H,17-18H2,1H3,(H,35,37)(H,36,40)(H,42,43)/t26-,30-/m1/s1. The fourth-order valence-electron chi connectivity index (χ4n) is 5.67. The molecule has 13 heteroatoms. The molecule has 2 aliphatic heterocycles. The van der Waals surface area contributed by atoms with Crippen molar-refractivity contribution < 1.29 is 24.3 Å². The van der Waals surface area contributed by atoms with Crippen LogP contribution in [0, 0.1) is 0 Å². The molecule has 0 bridgehead atoms. The molecule has 0 unspecified atom stereocenters. The van der Waals surface area contributed by atoms with Crippen LogP contribution in [0.25, 0.3) is 0 Å². The van der Waals surface area contributed by atoms with Crippen molar-refractivity contribution in [1.82, 2.24) is 15.2 Å². The van der Waals surface area contributed by atoms with Crippen molar-refractivity contribution in [3.63, 3.8) is 0 Å². The number of carbonyl (C=O) groups excluding carboxylic acids is 2. The van der Waals surface area contributed by atoms with E-state index in [0.717, 1.165) is 16.7 Å². The van der Waals surface area contributed by atoms with Crippen LogP contribution < -0.4 is 10.6 Å². The summed E-state index contributed by atoms with van der Waals surface area (Å²) >= 11 is 8.56. The maximum absolute atomic E-state index is 13.5. The number of carbonyl (C=O) groups is 3. The Balaban J connectivity index is 1.30. The number of fused-ring (bicyclic) bond motifs is 1. The molecule has 1 fully saturated rings. The summed E-state index contributed by atoms with van der Waals surface area (Å²) in [5.41, 5.74) is 2.55. The predicted molar refractivity (Wildman–Crippen MR) is 179 cm³/mol. The highest BCUT2D eigenvalue weighted by atomic mass is 35.5. The van der Waals surface area contributed by atoms with E-state index in [9.17, 15) is 19.5 Å². The van der Waals surface area contributed by atoms with Crippen LogP contribution in [0.5, 0.6) is 0 Å². The van der Waals surface area contributed by atoms with Gasteiger partial charge in [0.2, 0.25) is 0 Å². The molecule has 2 amide bonds. The Labute approximate surface area is 278 Å². The molecule has 1 aromatic heterocycles. The van der Waals surface area contributed by atoms with Gasteiger partial charge in [-0.1, -0.05) is 96.2 Å². The van der Waals surface area contributed by atoms with E-state index >= 15 is 0 Å². The third-order valence-corrected chi connectivity index (χ3v) is 10.2. The first-order valence-electron chi connectivity index (χ1n) is 14.2. The van der Waals surface area contributed by atoms with Crippen molar-refractivity contribution in [3.05, 3.63) is 130 Å². The first kappa shape index (κ1) is 31.3. The Morgan fingerprint density at radius 2 is 1.59 bits per heavy atom. The van der Waals surface area contributed by atoms with Gasteiger partial charge in [0.25, 0.3) is 11.8 Å². The first-order chi connectivity index (χ1) is 22.4. The number of thioether (sulfide) groups is 1. The van der Waals surface area contributed by atoms with E-state index in [1.807, 2.05) is 54.6 Å². The molecule has 234 valence electrons. The zero-order valence-electron chi connectivity index (χ0n) is 24.4. The van der Waals surface area contributed by atoms with Crippen molar-refractivity contribution >= 4 is 63.3 Å². The molecule has 3 aromatic carbocycles. The Morgan fingerprint density at radius 3 is 2.09 bits per heavy atom. The van der Waals surface area contributed by atoms with Gasteiger partial charge in [-0.2, -0.15) is 0 Å². The van der Waals surface area contributed by atoms with E-state index in [0.29, 0.717) is 16.5 Å². The smallest absolute Gasteiger partial charge is 0.352 e. The van der Waals surface area contributed by atoms with Crippen LogP contribution in [0.1, 0.15) is 22.4 Å². The van der Waals surface area contributed by atoms with Crippen LogP contribution in [0.2, 0.25) is 0 Å². The highest BCUT2D eigenvalue weighted by Crippen LogP contribution is 2.42. The fourth-order valence-corrected chi connectivity index (χ4v) is 8.10. The Bertz CT molecular complexity index is 1720. The van der Waals surface area contributed by atoms with Crippen LogP contribution in [-0.2, 0) is 24.8 Å². The number of hydrogen-bond acceptors (Lipinski definition) is 9. The summed E-state index contributed by atoms with van der Waals surface area (Å²) in [6.45, 7) is 0. The second kappa shape index (κ2) is 13.4. The van der Waals surface area contributed by atoms with Gasteiger partial charge in [0.15, 0.2) is 10.8 Å². The van der Waals surface area contributed by atoms with E-state index in [-0.39, 0.29) is 23.0 Å². The van der Waals surface area contributed by atoms with Crippen LogP contribution >= 0.6 is 34.7 Å². The molecular weight excluding hydrogens is 646 g/mol. The number of nitrogens with zero attached hydrogens (tertiary/aromatic N) is 3. The normalized spacial score (nSPS) is 18.0. The third kappa shape index (κ3) is 5.63. The van der Waals surface area contributed by atoms with Gasteiger partial charge in [-0.3, -0.25) is 14.5 Å². The molecule has 0 spiro atoms. The maximum Gasteiger partial charge on any atom is 0.352 e. The molecule has 6 rings (SSSR count). The lowest BCUT2D eigenvalue weighted by Crippen LogP contribution is -2.71. The molecule has 1 saturated heterocycles. The molecule has 3 N–H and O–H groups in total. The van der Waals surface area contributed by atoms with Gasteiger partial charge in [-0.05, 0) is 22.3 Å². The lowest BCUT2D eigenvalue weighted by molar-refractivity contribution is -0.150. The van der Waals surface area contributed by atoms with Crippen molar-refractivity contribution in [3.8, 4) is 0 Å². The van der Waals surface area contributed by atoms with Crippen molar-refractivity contribution in [2.24, 2.45) is 5.16 Å². The molecule has 4 aromatic rings. The lowest BCUT2D eigenvalue weighted by atomic mass is 9.77. The Kier molecular flexibility index (Phi) is 9.11. The molecule has 0 saturated carbocycles. The summed E-state index contributed by atoms with van der Waals surface area (Å²) in [7, 11) is 1.31. The number of nitrogens with one attached hydrogen (secondary N) is 2. The fraction of sp³-hybridized carbons (Fsp3) is 0.182. The summed E-state index contributed by atoms with van der Waals surface area (Å²) in [5, 5.41) is 21.7. The van der Waals surface area contributed by atoms with E-state index < -0.39 is 34.7 Å². The number of thiazole rings is 1. The molecule has 0 radical (unpaired) electrons. The molecule has 10 nitrogen and oxygen atoms in total. The summed E-state index contributed by atoms with van der Waals surface area (Å²) in [5.74, 6) is -2.13. The average Bonchev–Trinajstić information content (AvgIpc) is 3.56. The second-order valence-electron chi connectivity index (χ2n) is 10.4. The van der Waals surface area contributed by atoms with Crippen LogP contribution in [0.4, 0.5) is 5.13 Å². The van der Waals surface area contributed by atoms with Gasteiger partial charge in [-0.15, -0.1) is 34.7 Å². The zero-order valence-corrected chi connectivity index (χ0v) is 26.8. The number of aromatic nitrogens is 1. The Hall–Kier alpha value is -4.65. The number of aliphatic carboxylic acids is 1. The molecular formula is C33H28ClN5O5S2. The van der Waals surface area contributed by atoms with Crippen LogP contribution in [-0.4, -0.2) is 68.6 Å². The largest absolute Gasteiger partial charge is 0.477 e. The number of hydrogen-bond donors (Lipinski definition) is 3. The number of carboxylic acids is 1. The number of carboxylic acid groups (broad SMARTS) is 1. The topological polar surface area (TPSA) is 133 Å². The maximum atomic E-state index is 13.5. The number of halogens is 1. The molecule has 2 aliphatic rings. The quantitative estimate of drug-likeness (QED) is 0.0675. The lowest BCUT2D eigenvalue weighted by Gasteiger charge is -2.49. The first-order valence-corrected chi connectivity index (χ1v) is 16.6. The Morgan fingerprint density at radius 1 is 1.02 bits per heavy atom. The summed E-state index contributed by atoms with van der Waals surface area (Å²) in [4.78, 5) is 49.4. The average molecular weight is 674 g/mol. The second-order valence-corrected chi connectivity index (χ2v) is 12.6. The third-order valence-electron chi connectivity index (χ3n) is 7.76. The van der Waals surface area contributed by atoms with Gasteiger partial charge < -0.3 is 20.6 Å². The number of rotatable bonds is 11. The minimum Gasteiger partial charge on any atom is -0.477 e. The number of β-lactam (4-membered cyclic amide) rings is 1. The van der Waals surface area contributed by atoms with E-state index in [1.165, 1.54) is 35.1 Å². The van der Waals surface area contributed by atoms with Gasteiger partial charge in [0, 0.05) is 17.0 Å².